The highest BCUT2D eigenvalue weighted by atomic mass is 32.1. The molecule has 0 unspecified atom stereocenters. The van der Waals surface area contributed by atoms with Crippen molar-refractivity contribution >= 4 is 23.2 Å². The average Bonchev–Trinajstić information content (AvgIpc) is 3.37. The second kappa shape index (κ2) is 8.74. The van der Waals surface area contributed by atoms with E-state index in [1.807, 2.05) is 22.8 Å². The van der Waals surface area contributed by atoms with Gasteiger partial charge in [0.25, 0.3) is 5.91 Å². The molecule has 0 atom stereocenters. The van der Waals surface area contributed by atoms with E-state index in [4.69, 9.17) is 0 Å². The zero-order valence-corrected chi connectivity index (χ0v) is 18.3. The Hall–Kier alpha value is -2.08. The van der Waals surface area contributed by atoms with Crippen molar-refractivity contribution in [2.24, 2.45) is 5.92 Å². The molecule has 0 radical (unpaired) electrons. The van der Waals surface area contributed by atoms with Crippen LogP contribution >= 0.6 is 11.3 Å². The van der Waals surface area contributed by atoms with E-state index in [-0.39, 0.29) is 11.8 Å². The fourth-order valence-electron chi connectivity index (χ4n) is 4.69. The van der Waals surface area contributed by atoms with Crippen molar-refractivity contribution in [2.45, 2.75) is 52.5 Å². The molecule has 2 aromatic rings. The molecule has 4 heterocycles. The van der Waals surface area contributed by atoms with E-state index in [0.29, 0.717) is 19.0 Å². The van der Waals surface area contributed by atoms with Gasteiger partial charge >= 0.3 is 0 Å². The SMILES string of the molecule is Cc1cc(C(=O)N2CCC(C(=O)N3CCCCC3)CC2)c(C)n1Cc1cccs1. The second-order valence-electron chi connectivity index (χ2n) is 8.40. The highest BCUT2D eigenvalue weighted by molar-refractivity contribution is 7.09. The molecular formula is C23H31N3O2S. The third-order valence-corrected chi connectivity index (χ3v) is 7.36. The van der Waals surface area contributed by atoms with Gasteiger partial charge in [-0.3, -0.25) is 9.59 Å². The van der Waals surface area contributed by atoms with Crippen LogP contribution in [0.2, 0.25) is 0 Å². The third-order valence-electron chi connectivity index (χ3n) is 6.50. The van der Waals surface area contributed by atoms with Crippen molar-refractivity contribution in [1.82, 2.24) is 14.4 Å². The molecule has 2 aromatic heterocycles. The van der Waals surface area contributed by atoms with Gasteiger partial charge in [0.05, 0.1) is 12.1 Å². The highest BCUT2D eigenvalue weighted by Crippen LogP contribution is 2.25. The molecule has 0 bridgehead atoms. The van der Waals surface area contributed by atoms with Crippen molar-refractivity contribution in [2.75, 3.05) is 26.2 Å². The Bertz CT molecular complexity index is 857. The maximum Gasteiger partial charge on any atom is 0.255 e. The fraction of sp³-hybridized carbons (Fsp3) is 0.565. The molecule has 2 amide bonds. The lowest BCUT2D eigenvalue weighted by Crippen LogP contribution is -2.45. The van der Waals surface area contributed by atoms with E-state index < -0.39 is 0 Å². The Kier molecular flexibility index (Phi) is 6.09. The minimum absolute atomic E-state index is 0.0865. The fourth-order valence-corrected chi connectivity index (χ4v) is 5.38. The quantitative estimate of drug-likeness (QED) is 0.758. The zero-order valence-electron chi connectivity index (χ0n) is 17.5. The molecule has 2 aliphatic heterocycles. The maximum atomic E-state index is 13.2. The summed E-state index contributed by atoms with van der Waals surface area (Å²) in [5, 5.41) is 2.09. The number of nitrogens with zero attached hydrogens (tertiary/aromatic N) is 3. The minimum atomic E-state index is 0.0865. The molecule has 0 aromatic carbocycles. The molecule has 0 aliphatic carbocycles. The first kappa shape index (κ1) is 20.2. The van der Waals surface area contributed by atoms with Crippen LogP contribution in [0.1, 0.15) is 58.7 Å². The lowest BCUT2D eigenvalue weighted by molar-refractivity contribution is -0.137. The molecule has 6 heteroatoms. The number of hydrogen-bond donors (Lipinski definition) is 0. The smallest absolute Gasteiger partial charge is 0.255 e. The molecule has 29 heavy (non-hydrogen) atoms. The third kappa shape index (κ3) is 4.27. The summed E-state index contributed by atoms with van der Waals surface area (Å²) in [4.78, 5) is 31.2. The van der Waals surface area contributed by atoms with Gasteiger partial charge in [-0.1, -0.05) is 6.07 Å². The summed E-state index contributed by atoms with van der Waals surface area (Å²) in [6, 6.07) is 6.22. The monoisotopic (exact) mass is 413 g/mol. The normalized spacial score (nSPS) is 18.3. The number of thiophene rings is 1. The Balaban J connectivity index is 1.39. The van der Waals surface area contributed by atoms with Crippen LogP contribution in [0.4, 0.5) is 0 Å². The van der Waals surface area contributed by atoms with E-state index >= 15 is 0 Å². The standard InChI is InChI=1S/C23H31N3O2S/c1-17-15-21(18(2)26(17)16-20-7-6-14-29-20)23(28)25-12-8-19(9-13-25)22(27)24-10-4-3-5-11-24/h6-7,14-15,19H,3-5,8-13,16H2,1-2H3. The summed E-state index contributed by atoms with van der Waals surface area (Å²) in [5.41, 5.74) is 2.96. The van der Waals surface area contributed by atoms with E-state index in [1.165, 1.54) is 11.3 Å². The van der Waals surface area contributed by atoms with Gasteiger partial charge in [-0.2, -0.15) is 0 Å². The van der Waals surface area contributed by atoms with Crippen molar-refractivity contribution in [3.8, 4) is 0 Å². The van der Waals surface area contributed by atoms with Gasteiger partial charge in [0.2, 0.25) is 5.91 Å². The van der Waals surface area contributed by atoms with Crippen LogP contribution in [0.3, 0.4) is 0 Å². The van der Waals surface area contributed by atoms with Crippen LogP contribution in [0.25, 0.3) is 0 Å². The predicted octanol–water partition coefficient (Wildman–Crippen LogP) is 4.08. The van der Waals surface area contributed by atoms with Gasteiger partial charge in [-0.25, -0.2) is 0 Å². The van der Waals surface area contributed by atoms with Gasteiger partial charge in [-0.15, -0.1) is 11.3 Å². The summed E-state index contributed by atoms with van der Waals surface area (Å²) >= 11 is 1.74. The van der Waals surface area contributed by atoms with Crippen molar-refractivity contribution in [3.05, 3.63) is 45.4 Å². The number of carbonyl (C=O) groups is 2. The highest BCUT2D eigenvalue weighted by Gasteiger charge is 2.31. The molecule has 2 aliphatic rings. The summed E-state index contributed by atoms with van der Waals surface area (Å²) in [6.07, 6.45) is 5.07. The van der Waals surface area contributed by atoms with Gasteiger partial charge in [0, 0.05) is 48.4 Å². The first-order valence-electron chi connectivity index (χ1n) is 10.8. The Morgan fingerprint density at radius 2 is 1.76 bits per heavy atom. The van der Waals surface area contributed by atoms with Crippen LogP contribution in [0.15, 0.2) is 23.6 Å². The van der Waals surface area contributed by atoms with Crippen LogP contribution in [-0.2, 0) is 11.3 Å². The van der Waals surface area contributed by atoms with Gasteiger partial charge in [0.1, 0.15) is 0 Å². The number of carbonyl (C=O) groups excluding carboxylic acids is 2. The maximum absolute atomic E-state index is 13.2. The Morgan fingerprint density at radius 1 is 1.03 bits per heavy atom. The number of likely N-dealkylation sites (tertiary alicyclic amines) is 2. The lowest BCUT2D eigenvalue weighted by Gasteiger charge is -2.35. The molecule has 2 saturated heterocycles. The van der Waals surface area contributed by atoms with Crippen LogP contribution < -0.4 is 0 Å². The molecule has 0 spiro atoms. The first-order chi connectivity index (χ1) is 14.0. The van der Waals surface area contributed by atoms with Gasteiger partial charge in [0.15, 0.2) is 0 Å². The molecule has 2 fully saturated rings. The molecule has 0 N–H and O–H groups in total. The van der Waals surface area contributed by atoms with E-state index in [9.17, 15) is 9.59 Å². The average molecular weight is 414 g/mol. The van der Waals surface area contributed by atoms with Crippen LogP contribution in [0.5, 0.6) is 0 Å². The van der Waals surface area contributed by atoms with E-state index in [2.05, 4.69) is 29.0 Å². The number of hydrogen-bond acceptors (Lipinski definition) is 3. The number of rotatable bonds is 4. The molecule has 5 nitrogen and oxygen atoms in total. The van der Waals surface area contributed by atoms with Crippen molar-refractivity contribution in [1.29, 1.82) is 0 Å². The molecule has 4 rings (SSSR count). The number of aryl methyl sites for hydroxylation is 1. The summed E-state index contributed by atoms with van der Waals surface area (Å²) in [6.45, 7) is 8.11. The zero-order chi connectivity index (χ0) is 20.4. The summed E-state index contributed by atoms with van der Waals surface area (Å²) in [7, 11) is 0. The van der Waals surface area contributed by atoms with E-state index in [1.54, 1.807) is 11.3 Å². The van der Waals surface area contributed by atoms with Crippen molar-refractivity contribution in [3.63, 3.8) is 0 Å². The number of piperidine rings is 2. The summed E-state index contributed by atoms with van der Waals surface area (Å²) < 4.78 is 2.23. The molecule has 0 saturated carbocycles. The van der Waals surface area contributed by atoms with Crippen LogP contribution in [0, 0.1) is 19.8 Å². The number of amides is 2. The topological polar surface area (TPSA) is 45.6 Å². The molecule has 156 valence electrons. The Labute approximate surface area is 177 Å². The Morgan fingerprint density at radius 3 is 2.41 bits per heavy atom. The largest absolute Gasteiger partial charge is 0.343 e. The minimum Gasteiger partial charge on any atom is -0.343 e. The first-order valence-corrected chi connectivity index (χ1v) is 11.7. The van der Waals surface area contributed by atoms with E-state index in [0.717, 1.165) is 62.3 Å². The number of aromatic nitrogens is 1. The van der Waals surface area contributed by atoms with Crippen LogP contribution in [-0.4, -0.2) is 52.4 Å². The van der Waals surface area contributed by atoms with Crippen molar-refractivity contribution < 1.29 is 9.59 Å². The lowest BCUT2D eigenvalue weighted by atomic mass is 9.94. The van der Waals surface area contributed by atoms with Gasteiger partial charge < -0.3 is 14.4 Å². The second-order valence-corrected chi connectivity index (χ2v) is 9.43. The summed E-state index contributed by atoms with van der Waals surface area (Å²) in [5.74, 6) is 0.508. The molecular weight excluding hydrogens is 382 g/mol. The van der Waals surface area contributed by atoms with Gasteiger partial charge in [-0.05, 0) is 63.5 Å². The predicted molar refractivity (Wildman–Crippen MR) is 116 cm³/mol.